The average molecular weight is 264 g/mol. The lowest BCUT2D eigenvalue weighted by Gasteiger charge is -2.26. The minimum Gasteiger partial charge on any atom is -0.387 e. The fraction of sp³-hybridized carbons (Fsp3) is 0.533. The number of benzene rings is 1. The molecule has 0 radical (unpaired) electrons. The summed E-state index contributed by atoms with van der Waals surface area (Å²) in [5.41, 5.74) is 7.47. The summed E-state index contributed by atoms with van der Waals surface area (Å²) in [6.45, 7) is 7.89. The van der Waals surface area contributed by atoms with E-state index in [2.05, 4.69) is 5.32 Å². The molecule has 0 aliphatic heterocycles. The number of hydrogen-bond acceptors (Lipinski definition) is 3. The molecule has 1 aromatic carbocycles. The molecule has 19 heavy (non-hydrogen) atoms. The topological polar surface area (TPSA) is 75.3 Å². The molecule has 0 saturated carbocycles. The van der Waals surface area contributed by atoms with Crippen molar-refractivity contribution < 1.29 is 9.90 Å². The zero-order valence-corrected chi connectivity index (χ0v) is 12.1. The Kier molecular flexibility index (Phi) is 5.09. The van der Waals surface area contributed by atoms with Gasteiger partial charge in [0.2, 0.25) is 5.91 Å². The van der Waals surface area contributed by atoms with E-state index in [0.29, 0.717) is 0 Å². The molecule has 1 rings (SSSR count). The van der Waals surface area contributed by atoms with Crippen LogP contribution in [0.3, 0.4) is 0 Å². The van der Waals surface area contributed by atoms with Crippen molar-refractivity contribution in [3.63, 3.8) is 0 Å². The number of nitrogens with one attached hydrogen (secondary N) is 1. The number of rotatable bonds is 4. The molecule has 1 amide bonds. The smallest absolute Gasteiger partial charge is 0.237 e. The van der Waals surface area contributed by atoms with E-state index in [-0.39, 0.29) is 17.9 Å². The van der Waals surface area contributed by atoms with Gasteiger partial charge >= 0.3 is 0 Å². The molecule has 4 heteroatoms. The lowest BCUT2D eigenvalue weighted by Crippen LogP contribution is -2.49. The second-order valence-corrected chi connectivity index (χ2v) is 6.02. The molecule has 4 nitrogen and oxygen atoms in total. The fourth-order valence-corrected chi connectivity index (χ4v) is 1.61. The number of hydrogen-bond donors (Lipinski definition) is 3. The molecule has 0 fully saturated rings. The largest absolute Gasteiger partial charge is 0.387 e. The van der Waals surface area contributed by atoms with Crippen LogP contribution in [0.1, 0.15) is 38.0 Å². The third-order valence-corrected chi connectivity index (χ3v) is 3.15. The Bertz CT molecular complexity index is 421. The van der Waals surface area contributed by atoms with Gasteiger partial charge in [-0.2, -0.15) is 0 Å². The van der Waals surface area contributed by atoms with Crippen LogP contribution in [0.2, 0.25) is 0 Å². The second kappa shape index (κ2) is 6.17. The highest BCUT2D eigenvalue weighted by Crippen LogP contribution is 2.18. The van der Waals surface area contributed by atoms with Crippen LogP contribution in [-0.4, -0.2) is 23.6 Å². The molecular weight excluding hydrogens is 240 g/mol. The summed E-state index contributed by atoms with van der Waals surface area (Å²) in [6.07, 6.45) is -0.711. The van der Waals surface area contributed by atoms with Crippen LogP contribution in [-0.2, 0) is 4.79 Å². The van der Waals surface area contributed by atoms with Crippen molar-refractivity contribution >= 4 is 5.91 Å². The van der Waals surface area contributed by atoms with Gasteiger partial charge in [-0.25, -0.2) is 0 Å². The Labute approximate surface area is 115 Å². The van der Waals surface area contributed by atoms with E-state index in [1.807, 2.05) is 52.0 Å². The SMILES string of the molecule is Cc1ccc(C(O)CNC(=O)[C@@H](N)C(C)(C)C)cc1. The van der Waals surface area contributed by atoms with Crippen LogP contribution >= 0.6 is 0 Å². The molecule has 1 aromatic rings. The predicted octanol–water partition coefficient (Wildman–Crippen LogP) is 1.52. The van der Waals surface area contributed by atoms with Crippen molar-refractivity contribution in [2.24, 2.45) is 11.1 Å². The normalized spacial score (nSPS) is 14.8. The monoisotopic (exact) mass is 264 g/mol. The van der Waals surface area contributed by atoms with Crippen molar-refractivity contribution in [1.29, 1.82) is 0 Å². The molecule has 106 valence electrons. The Morgan fingerprint density at radius 3 is 2.32 bits per heavy atom. The number of carbonyl (C=O) groups is 1. The number of aryl methyl sites for hydroxylation is 1. The zero-order chi connectivity index (χ0) is 14.6. The maximum atomic E-state index is 11.8. The molecule has 0 aliphatic carbocycles. The van der Waals surface area contributed by atoms with Crippen LogP contribution < -0.4 is 11.1 Å². The Hall–Kier alpha value is -1.39. The van der Waals surface area contributed by atoms with Crippen LogP contribution in [0.4, 0.5) is 0 Å². The van der Waals surface area contributed by atoms with Crippen molar-refractivity contribution in [2.75, 3.05) is 6.54 Å². The van der Waals surface area contributed by atoms with Gasteiger partial charge in [-0.05, 0) is 17.9 Å². The standard InChI is InChI=1S/C15H24N2O2/c1-10-5-7-11(8-6-10)12(18)9-17-14(19)13(16)15(2,3)4/h5-8,12-13,18H,9,16H2,1-4H3,(H,17,19)/t12?,13-/m1/s1. The Balaban J connectivity index is 2.53. The number of aliphatic hydroxyl groups excluding tert-OH is 1. The highest BCUT2D eigenvalue weighted by atomic mass is 16.3. The quantitative estimate of drug-likeness (QED) is 0.771. The summed E-state index contributed by atoms with van der Waals surface area (Å²) in [5, 5.41) is 12.7. The van der Waals surface area contributed by atoms with E-state index in [1.165, 1.54) is 0 Å². The zero-order valence-electron chi connectivity index (χ0n) is 12.1. The van der Waals surface area contributed by atoms with Gasteiger partial charge in [0.25, 0.3) is 0 Å². The number of aliphatic hydroxyl groups is 1. The second-order valence-electron chi connectivity index (χ2n) is 6.02. The lowest BCUT2D eigenvalue weighted by atomic mass is 9.87. The van der Waals surface area contributed by atoms with Gasteiger partial charge in [-0.15, -0.1) is 0 Å². The summed E-state index contributed by atoms with van der Waals surface area (Å²) >= 11 is 0. The molecule has 0 aromatic heterocycles. The molecule has 2 atom stereocenters. The third-order valence-electron chi connectivity index (χ3n) is 3.15. The van der Waals surface area contributed by atoms with Gasteiger partial charge in [0.15, 0.2) is 0 Å². The van der Waals surface area contributed by atoms with Gasteiger partial charge < -0.3 is 16.2 Å². The Morgan fingerprint density at radius 2 is 1.84 bits per heavy atom. The van der Waals surface area contributed by atoms with Crippen molar-refractivity contribution in [3.05, 3.63) is 35.4 Å². The first-order chi connectivity index (χ1) is 8.71. The summed E-state index contributed by atoms with van der Waals surface area (Å²) in [7, 11) is 0. The van der Waals surface area contributed by atoms with E-state index in [1.54, 1.807) is 0 Å². The van der Waals surface area contributed by atoms with Gasteiger partial charge in [-0.3, -0.25) is 4.79 Å². The maximum absolute atomic E-state index is 11.8. The van der Waals surface area contributed by atoms with E-state index in [9.17, 15) is 9.90 Å². The molecule has 0 heterocycles. The van der Waals surface area contributed by atoms with E-state index in [0.717, 1.165) is 11.1 Å². The van der Waals surface area contributed by atoms with Crippen molar-refractivity contribution in [1.82, 2.24) is 5.32 Å². The summed E-state index contributed by atoms with van der Waals surface area (Å²) in [5.74, 6) is -0.237. The minimum atomic E-state index is -0.711. The molecular formula is C15H24N2O2. The average Bonchev–Trinajstić information content (AvgIpc) is 2.34. The summed E-state index contributed by atoms with van der Waals surface area (Å²) in [4.78, 5) is 11.8. The lowest BCUT2D eigenvalue weighted by molar-refractivity contribution is -0.125. The van der Waals surface area contributed by atoms with E-state index in [4.69, 9.17) is 5.73 Å². The minimum absolute atomic E-state index is 0.172. The fourth-order valence-electron chi connectivity index (χ4n) is 1.61. The molecule has 0 saturated heterocycles. The highest BCUT2D eigenvalue weighted by Gasteiger charge is 2.27. The van der Waals surface area contributed by atoms with Crippen LogP contribution in [0.25, 0.3) is 0 Å². The van der Waals surface area contributed by atoms with Crippen LogP contribution in [0.5, 0.6) is 0 Å². The van der Waals surface area contributed by atoms with Gasteiger partial charge in [0, 0.05) is 6.54 Å². The number of amides is 1. The molecule has 0 aliphatic rings. The van der Waals surface area contributed by atoms with E-state index < -0.39 is 12.1 Å². The van der Waals surface area contributed by atoms with Gasteiger partial charge in [0.05, 0.1) is 12.1 Å². The van der Waals surface area contributed by atoms with Gasteiger partial charge in [-0.1, -0.05) is 50.6 Å². The van der Waals surface area contributed by atoms with E-state index >= 15 is 0 Å². The first-order valence-electron chi connectivity index (χ1n) is 6.49. The van der Waals surface area contributed by atoms with Crippen LogP contribution in [0.15, 0.2) is 24.3 Å². The first kappa shape index (κ1) is 15.7. The molecule has 1 unspecified atom stereocenters. The van der Waals surface area contributed by atoms with Crippen LogP contribution in [0, 0.1) is 12.3 Å². The third kappa shape index (κ3) is 4.65. The van der Waals surface area contributed by atoms with Crippen molar-refractivity contribution in [3.8, 4) is 0 Å². The molecule has 0 bridgehead atoms. The van der Waals surface area contributed by atoms with Gasteiger partial charge in [0.1, 0.15) is 0 Å². The maximum Gasteiger partial charge on any atom is 0.237 e. The molecule has 0 spiro atoms. The molecule has 4 N–H and O–H groups in total. The predicted molar refractivity (Wildman–Crippen MR) is 76.6 cm³/mol. The Morgan fingerprint density at radius 1 is 1.32 bits per heavy atom. The summed E-state index contributed by atoms with van der Waals surface area (Å²) in [6, 6.07) is 6.99. The first-order valence-corrected chi connectivity index (χ1v) is 6.49. The highest BCUT2D eigenvalue weighted by molar-refractivity contribution is 5.82. The number of carbonyl (C=O) groups excluding carboxylic acids is 1. The number of nitrogens with two attached hydrogens (primary N) is 1. The van der Waals surface area contributed by atoms with Crippen molar-refractivity contribution in [2.45, 2.75) is 39.8 Å². The summed E-state index contributed by atoms with van der Waals surface area (Å²) < 4.78 is 0.